The molecule has 3 N–H and O–H groups in total. The lowest BCUT2D eigenvalue weighted by Crippen LogP contribution is -2.57. The van der Waals surface area contributed by atoms with Crippen LogP contribution in [0.5, 0.6) is 0 Å². The predicted molar refractivity (Wildman–Crippen MR) is 107 cm³/mol. The molecule has 0 spiro atoms. The molecule has 1 saturated carbocycles. The van der Waals surface area contributed by atoms with Gasteiger partial charge in [0.15, 0.2) is 0 Å². The van der Waals surface area contributed by atoms with Gasteiger partial charge in [-0.15, -0.1) is 0 Å². The Balaban J connectivity index is 0.00000190. The van der Waals surface area contributed by atoms with Gasteiger partial charge in [-0.3, -0.25) is 9.59 Å². The molecule has 0 bridgehead atoms. The van der Waals surface area contributed by atoms with Gasteiger partial charge in [0, 0.05) is 18.0 Å². The van der Waals surface area contributed by atoms with Crippen LogP contribution in [-0.4, -0.2) is 38.1 Å². The van der Waals surface area contributed by atoms with Crippen LogP contribution < -0.4 is 11.1 Å². The summed E-state index contributed by atoms with van der Waals surface area (Å²) >= 11 is 0. The number of methoxy groups -OCH3 is 2. The first-order chi connectivity index (χ1) is 13.2. The topological polar surface area (TPSA) is 108 Å². The maximum atomic E-state index is 12.7. The van der Waals surface area contributed by atoms with Crippen molar-refractivity contribution in [3.05, 3.63) is 29.8 Å². The summed E-state index contributed by atoms with van der Waals surface area (Å²) in [6, 6.07) is 6.28. The van der Waals surface area contributed by atoms with Crippen molar-refractivity contribution in [3.63, 3.8) is 0 Å². The third-order valence-corrected chi connectivity index (χ3v) is 5.29. The number of nitrogens with one attached hydrogen (secondary N) is 1. The molecule has 0 heterocycles. The molecule has 1 aliphatic carbocycles. The first-order valence-electron chi connectivity index (χ1n) is 9.51. The molecule has 0 radical (unpaired) electrons. The first-order valence-corrected chi connectivity index (χ1v) is 9.51. The molecule has 0 aromatic heterocycles. The van der Waals surface area contributed by atoms with Crippen LogP contribution in [0, 0.1) is 17.3 Å². The van der Waals surface area contributed by atoms with E-state index in [4.69, 9.17) is 15.2 Å². The number of nitrogens with two attached hydrogens (primary N) is 1. The highest BCUT2D eigenvalue weighted by Crippen LogP contribution is 2.51. The van der Waals surface area contributed by atoms with Gasteiger partial charge < -0.3 is 20.5 Å². The summed E-state index contributed by atoms with van der Waals surface area (Å²) in [5, 5.41) is 2.77. The van der Waals surface area contributed by atoms with E-state index in [2.05, 4.69) is 5.32 Å². The molecule has 1 aromatic rings. The Kier molecular flexibility index (Phi) is 8.47. The van der Waals surface area contributed by atoms with Gasteiger partial charge in [0.2, 0.25) is 5.91 Å². The fourth-order valence-electron chi connectivity index (χ4n) is 3.41. The maximum Gasteiger partial charge on any atom is 0.328 e. The largest absolute Gasteiger partial charge is 0.469 e. The molecule has 3 atom stereocenters. The van der Waals surface area contributed by atoms with E-state index in [-0.39, 0.29) is 23.7 Å². The number of benzene rings is 1. The number of hydrogen-bond acceptors (Lipinski definition) is 6. The van der Waals surface area contributed by atoms with Crippen molar-refractivity contribution in [1.82, 2.24) is 5.32 Å². The Morgan fingerprint density at radius 3 is 2.14 bits per heavy atom. The van der Waals surface area contributed by atoms with Gasteiger partial charge in [0.25, 0.3) is 0 Å². The number of carbonyl (C=O) groups excluding carboxylic acids is 3. The van der Waals surface area contributed by atoms with E-state index in [1.807, 2.05) is 27.7 Å². The molecule has 7 heteroatoms. The number of carbonyl (C=O) groups is 3. The second kappa shape index (κ2) is 10.1. The van der Waals surface area contributed by atoms with Crippen LogP contribution in [0.3, 0.4) is 0 Å². The van der Waals surface area contributed by atoms with E-state index in [0.717, 1.165) is 5.56 Å². The highest BCUT2D eigenvalue weighted by Gasteiger charge is 2.55. The molecule has 2 rings (SSSR count). The number of nitrogen functional groups attached to an aromatic ring is 1. The summed E-state index contributed by atoms with van der Waals surface area (Å²) < 4.78 is 9.61. The number of anilines is 1. The van der Waals surface area contributed by atoms with Crippen LogP contribution in [0.2, 0.25) is 0 Å². The minimum absolute atomic E-state index is 0.263. The third kappa shape index (κ3) is 5.24. The van der Waals surface area contributed by atoms with Gasteiger partial charge in [-0.05, 0) is 29.5 Å². The minimum Gasteiger partial charge on any atom is -0.469 e. The van der Waals surface area contributed by atoms with E-state index in [1.165, 1.54) is 14.2 Å². The monoisotopic (exact) mass is 392 g/mol. The lowest BCUT2D eigenvalue weighted by molar-refractivity contribution is -0.167. The normalized spacial score (nSPS) is 20.5. The summed E-state index contributed by atoms with van der Waals surface area (Å²) in [7, 11) is 2.62. The molecule has 7 nitrogen and oxygen atoms in total. The molecule has 3 unspecified atom stereocenters. The molecule has 0 aliphatic heterocycles. The van der Waals surface area contributed by atoms with E-state index in [1.54, 1.807) is 24.3 Å². The molecule has 1 aromatic carbocycles. The van der Waals surface area contributed by atoms with Gasteiger partial charge in [0.05, 0.1) is 20.1 Å². The molecule has 1 fully saturated rings. The summed E-state index contributed by atoms with van der Waals surface area (Å²) in [6.07, 6.45) is 0.702. The number of rotatable bonds is 6. The van der Waals surface area contributed by atoms with Crippen LogP contribution in [0.4, 0.5) is 5.69 Å². The third-order valence-electron chi connectivity index (χ3n) is 5.29. The van der Waals surface area contributed by atoms with Crippen molar-refractivity contribution in [1.29, 1.82) is 0 Å². The number of hydrogen-bond donors (Lipinski definition) is 2. The summed E-state index contributed by atoms with van der Waals surface area (Å²) in [4.78, 5) is 36.6. The van der Waals surface area contributed by atoms with Gasteiger partial charge in [-0.2, -0.15) is 0 Å². The fourth-order valence-corrected chi connectivity index (χ4v) is 3.41. The zero-order valence-electron chi connectivity index (χ0n) is 17.6. The molecule has 156 valence electrons. The number of esters is 2. The Bertz CT molecular complexity index is 685. The maximum absolute atomic E-state index is 12.7. The van der Waals surface area contributed by atoms with E-state index >= 15 is 0 Å². The van der Waals surface area contributed by atoms with Crippen molar-refractivity contribution in [3.8, 4) is 0 Å². The molecule has 0 saturated heterocycles. The zero-order chi connectivity index (χ0) is 21.5. The Labute approximate surface area is 167 Å². The SMILES string of the molecule is CC.COC(=O)C(Cc1ccc(N)cc1)NC(=O)C1CC(C(=O)OC)C1(C)C. The van der Waals surface area contributed by atoms with Crippen LogP contribution in [0.15, 0.2) is 24.3 Å². The van der Waals surface area contributed by atoms with Crippen molar-refractivity contribution in [2.45, 2.75) is 46.6 Å². The van der Waals surface area contributed by atoms with Gasteiger partial charge in [0.1, 0.15) is 6.04 Å². The highest BCUT2D eigenvalue weighted by atomic mass is 16.5. The average molecular weight is 392 g/mol. The first kappa shape index (κ1) is 23.5. The molecular formula is C21H32N2O5. The zero-order valence-corrected chi connectivity index (χ0v) is 17.6. The Morgan fingerprint density at radius 2 is 1.68 bits per heavy atom. The summed E-state index contributed by atoms with van der Waals surface area (Å²) in [5.41, 5.74) is 6.62. The van der Waals surface area contributed by atoms with Crippen molar-refractivity contribution < 1.29 is 23.9 Å². The van der Waals surface area contributed by atoms with Crippen LogP contribution in [-0.2, 0) is 30.3 Å². The van der Waals surface area contributed by atoms with Crippen molar-refractivity contribution >= 4 is 23.5 Å². The quantitative estimate of drug-likeness (QED) is 0.568. The smallest absolute Gasteiger partial charge is 0.328 e. The predicted octanol–water partition coefficient (Wildman–Crippen LogP) is 2.33. The number of amides is 1. The van der Waals surface area contributed by atoms with Crippen molar-refractivity contribution in [2.24, 2.45) is 17.3 Å². The summed E-state index contributed by atoms with van der Waals surface area (Å²) in [6.45, 7) is 7.71. The Hall–Kier alpha value is -2.57. The van der Waals surface area contributed by atoms with Gasteiger partial charge in [-0.25, -0.2) is 4.79 Å². The lowest BCUT2D eigenvalue weighted by atomic mass is 9.54. The standard InChI is InChI=1S/C19H26N2O5.C2H6/c1-19(2)13(10-14(19)17(23)25-3)16(22)21-15(18(24)26-4)9-11-5-7-12(20)8-6-11;1-2/h5-8,13-15H,9-10,20H2,1-4H3,(H,21,22);1-2H3. The summed E-state index contributed by atoms with van der Waals surface area (Å²) in [5.74, 6) is -1.79. The van der Waals surface area contributed by atoms with Gasteiger partial charge >= 0.3 is 11.9 Å². The fraction of sp³-hybridized carbons (Fsp3) is 0.571. The molecule has 1 amide bonds. The highest BCUT2D eigenvalue weighted by molar-refractivity contribution is 5.89. The van der Waals surface area contributed by atoms with E-state index in [0.29, 0.717) is 18.5 Å². The van der Waals surface area contributed by atoms with Gasteiger partial charge in [-0.1, -0.05) is 39.8 Å². The molecule has 28 heavy (non-hydrogen) atoms. The second-order valence-corrected chi connectivity index (χ2v) is 7.22. The average Bonchev–Trinajstić information content (AvgIpc) is 2.69. The number of ether oxygens (including phenoxy) is 2. The molecular weight excluding hydrogens is 360 g/mol. The lowest BCUT2D eigenvalue weighted by Gasteiger charge is -2.49. The van der Waals surface area contributed by atoms with Crippen LogP contribution in [0.25, 0.3) is 0 Å². The molecule has 1 aliphatic rings. The van der Waals surface area contributed by atoms with E-state index in [9.17, 15) is 14.4 Å². The van der Waals surface area contributed by atoms with E-state index < -0.39 is 17.4 Å². The second-order valence-electron chi connectivity index (χ2n) is 7.22. The minimum atomic E-state index is -0.802. The van der Waals surface area contributed by atoms with Crippen LogP contribution in [0.1, 0.15) is 39.7 Å². The Morgan fingerprint density at radius 1 is 1.11 bits per heavy atom. The van der Waals surface area contributed by atoms with Crippen LogP contribution >= 0.6 is 0 Å². The van der Waals surface area contributed by atoms with Crippen molar-refractivity contribution in [2.75, 3.05) is 20.0 Å².